The molecule has 1 unspecified atom stereocenters. The molecule has 2 fully saturated rings. The van der Waals surface area contributed by atoms with Crippen molar-refractivity contribution >= 4 is 27.9 Å². The second-order valence-corrected chi connectivity index (χ2v) is 11.5. The van der Waals surface area contributed by atoms with Crippen molar-refractivity contribution in [3.05, 3.63) is 53.6 Å². The maximum atomic E-state index is 13.6. The molecule has 3 aliphatic heterocycles. The predicted octanol–water partition coefficient (Wildman–Crippen LogP) is 1.43. The minimum absolute atomic E-state index is 0.00911. The van der Waals surface area contributed by atoms with Gasteiger partial charge in [0.1, 0.15) is 12.1 Å². The Bertz CT molecular complexity index is 1450. The number of hydrogen-bond donors (Lipinski definition) is 1. The maximum absolute atomic E-state index is 13.6. The molecule has 0 aromatic heterocycles. The van der Waals surface area contributed by atoms with Gasteiger partial charge in [0, 0.05) is 32.6 Å². The molecular formula is C25H26F2N4O7S. The average Bonchev–Trinajstić information content (AvgIpc) is 3.07. The lowest BCUT2D eigenvalue weighted by Crippen LogP contribution is -2.53. The lowest BCUT2D eigenvalue weighted by molar-refractivity contribution is -0.139. The lowest BCUT2D eigenvalue weighted by Gasteiger charge is -2.34. The number of carbonyl (C=O) groups is 3. The first kappa shape index (κ1) is 26.8. The summed E-state index contributed by atoms with van der Waals surface area (Å²) in [6.45, 7) is 1.75. The third kappa shape index (κ3) is 4.89. The Morgan fingerprint density at radius 3 is 2.36 bits per heavy atom. The van der Waals surface area contributed by atoms with Crippen LogP contribution in [0.4, 0.5) is 13.6 Å². The summed E-state index contributed by atoms with van der Waals surface area (Å²) < 4.78 is 64.8. The topological polar surface area (TPSA) is 126 Å². The molecule has 0 bridgehead atoms. The van der Waals surface area contributed by atoms with E-state index in [2.05, 4.69) is 5.32 Å². The Hall–Kier alpha value is -3.78. The largest absolute Gasteiger partial charge is 0.490 e. The monoisotopic (exact) mass is 564 g/mol. The number of piperazine rings is 1. The van der Waals surface area contributed by atoms with E-state index >= 15 is 0 Å². The molecular weight excluding hydrogens is 538 g/mol. The molecule has 14 heteroatoms. The molecule has 0 radical (unpaired) electrons. The van der Waals surface area contributed by atoms with Crippen LogP contribution in [0.25, 0.3) is 0 Å². The summed E-state index contributed by atoms with van der Waals surface area (Å²) in [5.41, 5.74) is -0.963. The second kappa shape index (κ2) is 10.1. The number of rotatable bonds is 5. The summed E-state index contributed by atoms with van der Waals surface area (Å²) in [5, 5.41) is 2.66. The standard InChI is InChI=1S/C25H26F2N4O7S/c1-25(16-3-6-20-21(13-16)38-12-2-11-37-20)23(33)31(24(34)28-25)15-22(32)29-7-9-30(10-8-29)39(35,36)17-4-5-18(26)19(27)14-17/h3-6,13-14H,2,7-12,15H2,1H3,(H,28,34). The molecule has 0 aliphatic carbocycles. The van der Waals surface area contributed by atoms with Gasteiger partial charge in [-0.1, -0.05) is 6.07 Å². The van der Waals surface area contributed by atoms with Crippen LogP contribution in [0.2, 0.25) is 0 Å². The van der Waals surface area contributed by atoms with Crippen LogP contribution in [0.15, 0.2) is 41.3 Å². The van der Waals surface area contributed by atoms with Gasteiger partial charge < -0.3 is 19.7 Å². The first-order valence-electron chi connectivity index (χ1n) is 12.3. The van der Waals surface area contributed by atoms with Crippen molar-refractivity contribution in [1.82, 2.24) is 19.4 Å². The molecule has 4 amide bonds. The number of halogens is 2. The van der Waals surface area contributed by atoms with Crippen LogP contribution in [-0.2, 0) is 25.2 Å². The van der Waals surface area contributed by atoms with E-state index in [0.29, 0.717) is 42.8 Å². The number of carbonyl (C=O) groups excluding carboxylic acids is 3. The summed E-state index contributed by atoms with van der Waals surface area (Å²) in [7, 11) is -4.10. The third-order valence-electron chi connectivity index (χ3n) is 7.01. The summed E-state index contributed by atoms with van der Waals surface area (Å²) in [5.74, 6) is -2.60. The number of fused-ring (bicyclic) bond motifs is 1. The van der Waals surface area contributed by atoms with Crippen molar-refractivity contribution < 1.29 is 41.1 Å². The molecule has 208 valence electrons. The molecule has 5 rings (SSSR count). The highest BCUT2D eigenvalue weighted by Crippen LogP contribution is 2.36. The zero-order chi connectivity index (χ0) is 27.9. The fraction of sp³-hybridized carbons (Fsp3) is 0.400. The number of nitrogens with zero attached hydrogens (tertiary/aromatic N) is 3. The number of imide groups is 1. The van der Waals surface area contributed by atoms with Gasteiger partial charge in [0.05, 0.1) is 18.1 Å². The minimum Gasteiger partial charge on any atom is -0.490 e. The zero-order valence-electron chi connectivity index (χ0n) is 21.0. The molecule has 0 spiro atoms. The van der Waals surface area contributed by atoms with E-state index in [-0.39, 0.29) is 26.2 Å². The van der Waals surface area contributed by atoms with E-state index < -0.39 is 56.5 Å². The predicted molar refractivity (Wildman–Crippen MR) is 131 cm³/mol. The Morgan fingerprint density at radius 2 is 1.67 bits per heavy atom. The molecule has 2 aromatic rings. The SMILES string of the molecule is CC1(c2ccc3c(c2)OCCCO3)NC(=O)N(CC(=O)N2CCN(S(=O)(=O)c3ccc(F)c(F)c3)CC2)C1=O. The van der Waals surface area contributed by atoms with E-state index in [1.807, 2.05) is 0 Å². The van der Waals surface area contributed by atoms with Gasteiger partial charge in [0.15, 0.2) is 23.1 Å². The summed E-state index contributed by atoms with van der Waals surface area (Å²) in [6, 6.07) is 6.55. The molecule has 1 atom stereocenters. The van der Waals surface area contributed by atoms with E-state index in [9.17, 15) is 31.6 Å². The van der Waals surface area contributed by atoms with Crippen LogP contribution in [0.1, 0.15) is 18.9 Å². The molecule has 0 saturated carbocycles. The fourth-order valence-corrected chi connectivity index (χ4v) is 6.14. The number of urea groups is 1. The zero-order valence-corrected chi connectivity index (χ0v) is 21.8. The van der Waals surface area contributed by atoms with Crippen LogP contribution in [-0.4, -0.2) is 86.3 Å². The highest BCUT2D eigenvalue weighted by atomic mass is 32.2. The minimum atomic E-state index is -4.10. The van der Waals surface area contributed by atoms with E-state index in [4.69, 9.17) is 9.47 Å². The Kier molecular flexibility index (Phi) is 6.93. The van der Waals surface area contributed by atoms with Crippen molar-refractivity contribution in [3.63, 3.8) is 0 Å². The third-order valence-corrected chi connectivity index (χ3v) is 8.91. The van der Waals surface area contributed by atoms with Gasteiger partial charge in [0.2, 0.25) is 15.9 Å². The van der Waals surface area contributed by atoms with Crippen molar-refractivity contribution in [2.24, 2.45) is 0 Å². The van der Waals surface area contributed by atoms with Crippen molar-refractivity contribution in [1.29, 1.82) is 0 Å². The number of benzene rings is 2. The van der Waals surface area contributed by atoms with Gasteiger partial charge in [-0.15, -0.1) is 0 Å². The van der Waals surface area contributed by atoms with Gasteiger partial charge in [-0.3, -0.25) is 14.5 Å². The maximum Gasteiger partial charge on any atom is 0.325 e. The molecule has 3 heterocycles. The van der Waals surface area contributed by atoms with Crippen molar-refractivity contribution in [2.75, 3.05) is 45.9 Å². The molecule has 2 saturated heterocycles. The Labute approximate surface area is 223 Å². The highest BCUT2D eigenvalue weighted by Gasteiger charge is 2.50. The Balaban J connectivity index is 1.23. The molecule has 11 nitrogen and oxygen atoms in total. The van der Waals surface area contributed by atoms with Crippen molar-refractivity contribution in [3.8, 4) is 11.5 Å². The molecule has 3 aliphatic rings. The second-order valence-electron chi connectivity index (χ2n) is 9.52. The Morgan fingerprint density at radius 1 is 0.974 bits per heavy atom. The normalized spacial score (nSPS) is 22.0. The number of nitrogens with one attached hydrogen (secondary N) is 1. The van der Waals surface area contributed by atoms with Crippen LogP contribution in [0.5, 0.6) is 11.5 Å². The molecule has 39 heavy (non-hydrogen) atoms. The smallest absolute Gasteiger partial charge is 0.325 e. The van der Waals surface area contributed by atoms with Crippen LogP contribution in [0.3, 0.4) is 0 Å². The van der Waals surface area contributed by atoms with Gasteiger partial charge >= 0.3 is 6.03 Å². The van der Waals surface area contributed by atoms with Gasteiger partial charge in [0.25, 0.3) is 5.91 Å². The summed E-state index contributed by atoms with van der Waals surface area (Å²) in [4.78, 5) is 40.9. The number of sulfonamides is 1. The quantitative estimate of drug-likeness (QED) is 0.545. The van der Waals surface area contributed by atoms with Crippen LogP contribution in [0, 0.1) is 11.6 Å². The summed E-state index contributed by atoms with van der Waals surface area (Å²) >= 11 is 0. The van der Waals surface area contributed by atoms with E-state index in [0.717, 1.165) is 21.3 Å². The number of amides is 4. The number of ether oxygens (including phenoxy) is 2. The molecule has 1 N–H and O–H groups in total. The van der Waals surface area contributed by atoms with Crippen LogP contribution < -0.4 is 14.8 Å². The van der Waals surface area contributed by atoms with Gasteiger partial charge in [-0.2, -0.15) is 4.31 Å². The van der Waals surface area contributed by atoms with Gasteiger partial charge in [-0.25, -0.2) is 22.0 Å². The highest BCUT2D eigenvalue weighted by molar-refractivity contribution is 7.89. The first-order valence-corrected chi connectivity index (χ1v) is 13.7. The number of hydrogen-bond acceptors (Lipinski definition) is 7. The average molecular weight is 565 g/mol. The lowest BCUT2D eigenvalue weighted by atomic mass is 9.91. The van der Waals surface area contributed by atoms with E-state index in [1.54, 1.807) is 25.1 Å². The van der Waals surface area contributed by atoms with Crippen molar-refractivity contribution in [2.45, 2.75) is 23.8 Å². The van der Waals surface area contributed by atoms with Crippen LogP contribution >= 0.6 is 0 Å². The molecule has 2 aromatic carbocycles. The van der Waals surface area contributed by atoms with E-state index in [1.165, 1.54) is 4.90 Å². The first-order chi connectivity index (χ1) is 18.5. The fourth-order valence-electron chi connectivity index (χ4n) is 4.71. The van der Waals surface area contributed by atoms with Gasteiger partial charge in [-0.05, 0) is 42.8 Å². The summed E-state index contributed by atoms with van der Waals surface area (Å²) in [6.07, 6.45) is 0.706.